The molecule has 76 valence electrons. The van der Waals surface area contributed by atoms with Gasteiger partial charge in [-0.15, -0.1) is 0 Å². The van der Waals surface area contributed by atoms with Crippen molar-refractivity contribution in [2.75, 3.05) is 11.4 Å². The monoisotopic (exact) mass is 365 g/mol. The zero-order valence-corrected chi connectivity index (χ0v) is 11.6. The molecule has 1 aromatic rings. The van der Waals surface area contributed by atoms with E-state index in [0.717, 1.165) is 6.54 Å². The fraction of sp³-hybridized carbons (Fsp3) is 0.455. The molecule has 1 nitrogen and oxygen atoms in total. The van der Waals surface area contributed by atoms with Crippen molar-refractivity contribution in [3.05, 3.63) is 30.3 Å². The maximum atomic E-state index is 3.70. The van der Waals surface area contributed by atoms with E-state index in [9.17, 15) is 0 Å². The van der Waals surface area contributed by atoms with Gasteiger partial charge in [-0.25, -0.2) is 0 Å². The molecule has 2 atom stereocenters. The Morgan fingerprint density at radius 3 is 2.64 bits per heavy atom. The molecule has 1 heterocycles. The highest BCUT2D eigenvalue weighted by molar-refractivity contribution is 14.1. The lowest BCUT2D eigenvalue weighted by Crippen LogP contribution is -2.39. The van der Waals surface area contributed by atoms with Crippen LogP contribution in [-0.4, -0.2) is 15.4 Å². The summed E-state index contributed by atoms with van der Waals surface area (Å²) in [6.45, 7) is 1.16. The van der Waals surface area contributed by atoms with Crippen molar-refractivity contribution in [2.45, 2.75) is 21.7 Å². The fourth-order valence-electron chi connectivity index (χ4n) is 1.79. The van der Waals surface area contributed by atoms with Crippen LogP contribution in [0.1, 0.15) is 12.8 Å². The first-order chi connectivity index (χ1) is 6.77. The number of alkyl halides is 2. The summed E-state index contributed by atoms with van der Waals surface area (Å²) in [5.74, 6) is 0. The number of rotatable bonds is 1. The summed E-state index contributed by atoms with van der Waals surface area (Å²) in [5.41, 5.74) is 1.35. The first kappa shape index (κ1) is 10.7. The van der Waals surface area contributed by atoms with Gasteiger partial charge in [-0.05, 0) is 25.0 Å². The Labute approximate surface area is 107 Å². The third kappa shape index (κ3) is 2.42. The van der Waals surface area contributed by atoms with Crippen LogP contribution in [-0.2, 0) is 0 Å². The molecule has 0 saturated carbocycles. The minimum Gasteiger partial charge on any atom is -0.360 e. The predicted molar refractivity (Wildman–Crippen MR) is 73.5 cm³/mol. The number of hydrogen-bond donors (Lipinski definition) is 0. The van der Waals surface area contributed by atoms with E-state index < -0.39 is 0 Å². The maximum Gasteiger partial charge on any atom is 0.0819 e. The van der Waals surface area contributed by atoms with Gasteiger partial charge in [0.25, 0.3) is 0 Å². The maximum absolute atomic E-state index is 3.70. The Hall–Kier alpha value is 0.230. The molecule has 3 heteroatoms. The highest BCUT2D eigenvalue weighted by atomic mass is 127. The van der Waals surface area contributed by atoms with Crippen molar-refractivity contribution in [3.63, 3.8) is 0 Å². The summed E-state index contributed by atoms with van der Waals surface area (Å²) >= 11 is 6.23. The molecule has 0 bridgehead atoms. The zero-order chi connectivity index (χ0) is 9.97. The number of nitrogens with zero attached hydrogens (tertiary/aromatic N) is 1. The molecule has 1 aliphatic rings. The van der Waals surface area contributed by atoms with Crippen molar-refractivity contribution >= 4 is 44.2 Å². The molecular weight excluding hydrogens is 353 g/mol. The second-order valence-corrected chi connectivity index (χ2v) is 6.32. The van der Waals surface area contributed by atoms with Crippen LogP contribution >= 0.6 is 38.5 Å². The first-order valence-electron chi connectivity index (χ1n) is 4.87. The van der Waals surface area contributed by atoms with Crippen LogP contribution in [0.4, 0.5) is 5.69 Å². The zero-order valence-electron chi connectivity index (χ0n) is 7.87. The van der Waals surface area contributed by atoms with E-state index in [0.29, 0.717) is 8.88 Å². The Morgan fingerprint density at radius 1 is 1.29 bits per heavy atom. The van der Waals surface area contributed by atoms with Crippen LogP contribution in [0.3, 0.4) is 0 Å². The molecule has 1 aliphatic heterocycles. The molecule has 0 aromatic heterocycles. The molecule has 0 spiro atoms. The minimum atomic E-state index is 0.619. The van der Waals surface area contributed by atoms with Crippen LogP contribution in [0, 0.1) is 0 Å². The number of benzene rings is 1. The standard InChI is InChI=1S/C11H13BrIN/c12-9-6-7-14(11(13)8-9)10-4-2-1-3-5-10/h1-5,9,11H,6-8H2. The quantitative estimate of drug-likeness (QED) is 0.415. The highest BCUT2D eigenvalue weighted by Crippen LogP contribution is 2.30. The van der Waals surface area contributed by atoms with Gasteiger partial charge in [0.2, 0.25) is 0 Å². The average molecular weight is 366 g/mol. The molecule has 14 heavy (non-hydrogen) atoms. The third-order valence-corrected chi connectivity index (χ3v) is 4.57. The van der Waals surface area contributed by atoms with Gasteiger partial charge < -0.3 is 4.90 Å². The van der Waals surface area contributed by atoms with Gasteiger partial charge in [0, 0.05) is 17.1 Å². The summed E-state index contributed by atoms with van der Waals surface area (Å²) in [4.78, 5) is 3.18. The van der Waals surface area contributed by atoms with Crippen molar-refractivity contribution in [1.82, 2.24) is 0 Å². The minimum absolute atomic E-state index is 0.619. The summed E-state index contributed by atoms with van der Waals surface area (Å²) in [6, 6.07) is 10.7. The SMILES string of the molecule is BrC1CCN(c2ccccc2)C(I)C1. The summed E-state index contributed by atoms with van der Waals surface area (Å²) in [7, 11) is 0. The van der Waals surface area contributed by atoms with Crippen molar-refractivity contribution in [2.24, 2.45) is 0 Å². The van der Waals surface area contributed by atoms with Gasteiger partial charge in [0.15, 0.2) is 0 Å². The predicted octanol–water partition coefficient (Wildman–Crippen LogP) is 3.81. The van der Waals surface area contributed by atoms with Gasteiger partial charge in [-0.2, -0.15) is 0 Å². The van der Waals surface area contributed by atoms with Crippen molar-refractivity contribution < 1.29 is 0 Å². The van der Waals surface area contributed by atoms with Crippen LogP contribution in [0.15, 0.2) is 30.3 Å². The Morgan fingerprint density at radius 2 is 2.00 bits per heavy atom. The average Bonchev–Trinajstić information content (AvgIpc) is 2.19. The normalized spacial score (nSPS) is 27.7. The second-order valence-electron chi connectivity index (χ2n) is 3.59. The van der Waals surface area contributed by atoms with Crippen LogP contribution in [0.25, 0.3) is 0 Å². The molecular formula is C11H13BrIN. The topological polar surface area (TPSA) is 3.24 Å². The largest absolute Gasteiger partial charge is 0.360 e. The molecule has 2 rings (SSSR count). The number of piperidine rings is 1. The molecule has 1 saturated heterocycles. The van der Waals surface area contributed by atoms with Gasteiger partial charge in [0.1, 0.15) is 0 Å². The molecule has 1 aromatic carbocycles. The molecule has 0 radical (unpaired) electrons. The Kier molecular flexibility index (Phi) is 3.71. The second kappa shape index (κ2) is 4.84. The third-order valence-electron chi connectivity index (χ3n) is 2.56. The van der Waals surface area contributed by atoms with E-state index in [2.05, 4.69) is 73.8 Å². The van der Waals surface area contributed by atoms with E-state index in [1.165, 1.54) is 18.5 Å². The number of halogens is 2. The van der Waals surface area contributed by atoms with Crippen molar-refractivity contribution in [1.29, 1.82) is 0 Å². The molecule has 0 aliphatic carbocycles. The van der Waals surface area contributed by atoms with Crippen molar-refractivity contribution in [3.8, 4) is 0 Å². The Bertz CT molecular complexity index is 291. The van der Waals surface area contributed by atoms with Crippen LogP contribution in [0.2, 0.25) is 0 Å². The van der Waals surface area contributed by atoms with E-state index in [-0.39, 0.29) is 0 Å². The van der Waals surface area contributed by atoms with Gasteiger partial charge in [-0.3, -0.25) is 0 Å². The number of para-hydroxylation sites is 1. The lowest BCUT2D eigenvalue weighted by Gasteiger charge is -2.36. The van der Waals surface area contributed by atoms with E-state index in [4.69, 9.17) is 0 Å². The smallest absolute Gasteiger partial charge is 0.0819 e. The van der Waals surface area contributed by atoms with Crippen LogP contribution in [0.5, 0.6) is 0 Å². The van der Waals surface area contributed by atoms with Crippen LogP contribution < -0.4 is 4.90 Å². The van der Waals surface area contributed by atoms with E-state index >= 15 is 0 Å². The number of anilines is 1. The summed E-state index contributed by atoms with van der Waals surface area (Å²) in [6.07, 6.45) is 2.48. The summed E-state index contributed by atoms with van der Waals surface area (Å²) in [5, 5.41) is 0. The molecule has 0 N–H and O–H groups in total. The molecule has 1 fully saturated rings. The molecule has 0 amide bonds. The van der Waals surface area contributed by atoms with E-state index in [1.54, 1.807) is 0 Å². The van der Waals surface area contributed by atoms with Gasteiger partial charge in [0.05, 0.1) is 4.05 Å². The van der Waals surface area contributed by atoms with E-state index in [1.807, 2.05) is 0 Å². The molecule has 2 unspecified atom stereocenters. The first-order valence-corrected chi connectivity index (χ1v) is 7.03. The summed E-state index contributed by atoms with van der Waals surface area (Å²) < 4.78 is 0.619. The number of hydrogen-bond acceptors (Lipinski definition) is 1. The highest BCUT2D eigenvalue weighted by Gasteiger charge is 2.24. The lowest BCUT2D eigenvalue weighted by atomic mass is 10.1. The van der Waals surface area contributed by atoms with Gasteiger partial charge >= 0.3 is 0 Å². The van der Waals surface area contributed by atoms with Gasteiger partial charge in [-0.1, -0.05) is 56.7 Å². The fourth-order valence-corrected chi connectivity index (χ4v) is 4.26. The lowest BCUT2D eigenvalue weighted by molar-refractivity contribution is 0.583. The Balaban J connectivity index is 2.12.